The molecule has 0 aromatic heterocycles. The minimum absolute atomic E-state index is 0.0686. The molecule has 25 heavy (non-hydrogen) atoms. The van der Waals surface area contributed by atoms with Gasteiger partial charge in [-0.1, -0.05) is 12.1 Å². The van der Waals surface area contributed by atoms with Crippen LogP contribution in [0.3, 0.4) is 0 Å². The van der Waals surface area contributed by atoms with E-state index < -0.39 is 5.97 Å². The van der Waals surface area contributed by atoms with Crippen LogP contribution in [-0.2, 0) is 17.8 Å². The number of carboxylic acids is 1. The molecule has 0 saturated carbocycles. The number of rotatable bonds is 7. The summed E-state index contributed by atoms with van der Waals surface area (Å²) in [5, 5.41) is 8.90. The van der Waals surface area contributed by atoms with E-state index in [4.69, 9.17) is 14.6 Å². The minimum Gasteiger partial charge on any atom is -0.497 e. The predicted molar refractivity (Wildman–Crippen MR) is 93.1 cm³/mol. The number of nitrogens with zero attached hydrogens (tertiary/aromatic N) is 1. The van der Waals surface area contributed by atoms with Gasteiger partial charge in [-0.2, -0.15) is 0 Å². The highest BCUT2D eigenvalue weighted by Crippen LogP contribution is 2.25. The van der Waals surface area contributed by atoms with Gasteiger partial charge in [0.05, 0.1) is 26.2 Å². The van der Waals surface area contributed by atoms with Gasteiger partial charge in [0.15, 0.2) is 0 Å². The molecule has 6 nitrogen and oxygen atoms in total. The molecule has 0 aliphatic rings. The molecule has 0 bridgehead atoms. The number of carbonyl (C=O) groups excluding carboxylic acids is 1. The first kappa shape index (κ1) is 18.3. The summed E-state index contributed by atoms with van der Waals surface area (Å²) in [5.41, 5.74) is 1.84. The lowest BCUT2D eigenvalue weighted by Gasteiger charge is -2.19. The molecule has 0 aliphatic carbocycles. The molecule has 2 aromatic carbocycles. The Morgan fingerprint density at radius 2 is 1.72 bits per heavy atom. The van der Waals surface area contributed by atoms with Crippen LogP contribution >= 0.6 is 0 Å². The quantitative estimate of drug-likeness (QED) is 0.836. The predicted octanol–water partition coefficient (Wildman–Crippen LogP) is 2.60. The summed E-state index contributed by atoms with van der Waals surface area (Å²) in [6.07, 6.45) is 0.203. The average Bonchev–Trinajstić information content (AvgIpc) is 2.62. The molecule has 132 valence electrons. The maximum absolute atomic E-state index is 12.4. The second-order valence-electron chi connectivity index (χ2n) is 5.61. The zero-order valence-electron chi connectivity index (χ0n) is 14.5. The number of benzene rings is 2. The summed E-state index contributed by atoms with van der Waals surface area (Å²) >= 11 is 0. The third kappa shape index (κ3) is 4.73. The fourth-order valence-electron chi connectivity index (χ4n) is 2.40. The number of aromatic carboxylic acids is 1. The molecular formula is C19H21NO5. The number of hydrogen-bond donors (Lipinski definition) is 1. The Hall–Kier alpha value is -3.02. The van der Waals surface area contributed by atoms with Gasteiger partial charge in [0.2, 0.25) is 5.91 Å². The third-order valence-electron chi connectivity index (χ3n) is 3.88. The van der Waals surface area contributed by atoms with Gasteiger partial charge >= 0.3 is 5.97 Å². The van der Waals surface area contributed by atoms with Crippen LogP contribution in [0.15, 0.2) is 42.5 Å². The highest BCUT2D eigenvalue weighted by molar-refractivity contribution is 5.87. The van der Waals surface area contributed by atoms with Gasteiger partial charge in [-0.15, -0.1) is 0 Å². The summed E-state index contributed by atoms with van der Waals surface area (Å²) in [6, 6.07) is 11.8. The SMILES string of the molecule is COc1ccc(CN(C)C(=O)Cc2ccc(C(=O)O)cc2)c(OC)c1. The van der Waals surface area contributed by atoms with Crippen LogP contribution in [-0.4, -0.2) is 43.2 Å². The topological polar surface area (TPSA) is 76.1 Å². The lowest BCUT2D eigenvalue weighted by atomic mass is 10.1. The van der Waals surface area contributed by atoms with Crippen LogP contribution in [0.5, 0.6) is 11.5 Å². The van der Waals surface area contributed by atoms with Gasteiger partial charge in [0.1, 0.15) is 11.5 Å². The third-order valence-corrected chi connectivity index (χ3v) is 3.88. The first-order valence-corrected chi connectivity index (χ1v) is 7.71. The van der Waals surface area contributed by atoms with Gasteiger partial charge in [0.25, 0.3) is 0 Å². The minimum atomic E-state index is -0.985. The van der Waals surface area contributed by atoms with E-state index in [0.717, 1.165) is 11.1 Å². The largest absolute Gasteiger partial charge is 0.497 e. The molecule has 2 aromatic rings. The molecule has 0 radical (unpaired) electrons. The number of carbonyl (C=O) groups is 2. The van der Waals surface area contributed by atoms with Crippen molar-refractivity contribution in [2.24, 2.45) is 0 Å². The Morgan fingerprint density at radius 1 is 1.04 bits per heavy atom. The van der Waals surface area contributed by atoms with Crippen molar-refractivity contribution in [3.8, 4) is 11.5 Å². The van der Waals surface area contributed by atoms with Crippen LogP contribution in [0.2, 0.25) is 0 Å². The molecule has 1 N–H and O–H groups in total. The molecular weight excluding hydrogens is 322 g/mol. The molecule has 0 heterocycles. The van der Waals surface area contributed by atoms with Crippen molar-refractivity contribution in [3.63, 3.8) is 0 Å². The van der Waals surface area contributed by atoms with Crippen LogP contribution in [0.4, 0.5) is 0 Å². The molecule has 0 fully saturated rings. The van der Waals surface area contributed by atoms with Gasteiger partial charge < -0.3 is 19.5 Å². The fourth-order valence-corrected chi connectivity index (χ4v) is 2.40. The number of carboxylic acid groups (broad SMARTS) is 1. The summed E-state index contributed by atoms with van der Waals surface area (Å²) in [5.74, 6) is 0.292. The van der Waals surface area contributed by atoms with Crippen molar-refractivity contribution in [1.82, 2.24) is 4.90 Å². The number of ether oxygens (including phenoxy) is 2. The van der Waals surface area contributed by atoms with E-state index in [-0.39, 0.29) is 17.9 Å². The maximum atomic E-state index is 12.4. The first-order chi connectivity index (χ1) is 11.9. The molecule has 0 unspecified atom stereocenters. The number of hydrogen-bond acceptors (Lipinski definition) is 4. The molecule has 0 atom stereocenters. The van der Waals surface area contributed by atoms with Crippen molar-refractivity contribution in [1.29, 1.82) is 0 Å². The van der Waals surface area contributed by atoms with Crippen LogP contribution in [0.25, 0.3) is 0 Å². The van der Waals surface area contributed by atoms with E-state index in [1.54, 1.807) is 44.4 Å². The van der Waals surface area contributed by atoms with Crippen LogP contribution < -0.4 is 9.47 Å². The van der Waals surface area contributed by atoms with E-state index in [0.29, 0.717) is 18.0 Å². The monoisotopic (exact) mass is 343 g/mol. The van der Waals surface area contributed by atoms with E-state index in [1.165, 1.54) is 12.1 Å². The number of amides is 1. The fraction of sp³-hybridized carbons (Fsp3) is 0.263. The number of likely N-dealkylation sites (N-methyl/N-ethyl adjacent to an activating group) is 1. The molecule has 6 heteroatoms. The molecule has 1 amide bonds. The Morgan fingerprint density at radius 3 is 2.28 bits per heavy atom. The Kier molecular flexibility index (Phi) is 6.00. The number of methoxy groups -OCH3 is 2. The summed E-state index contributed by atoms with van der Waals surface area (Å²) in [7, 11) is 4.88. The van der Waals surface area contributed by atoms with Crippen molar-refractivity contribution in [2.45, 2.75) is 13.0 Å². The molecule has 0 spiro atoms. The summed E-state index contributed by atoms with van der Waals surface area (Å²) in [4.78, 5) is 24.9. The van der Waals surface area contributed by atoms with E-state index >= 15 is 0 Å². The highest BCUT2D eigenvalue weighted by Gasteiger charge is 2.14. The summed E-state index contributed by atoms with van der Waals surface area (Å²) in [6.45, 7) is 0.402. The van der Waals surface area contributed by atoms with Gasteiger partial charge in [-0.3, -0.25) is 4.79 Å². The van der Waals surface area contributed by atoms with Crippen molar-refractivity contribution in [2.75, 3.05) is 21.3 Å². The van der Waals surface area contributed by atoms with Crippen LogP contribution in [0.1, 0.15) is 21.5 Å². The molecule has 2 rings (SSSR count). The molecule has 0 saturated heterocycles. The second-order valence-corrected chi connectivity index (χ2v) is 5.61. The Balaban J connectivity index is 2.04. The van der Waals surface area contributed by atoms with E-state index in [1.807, 2.05) is 12.1 Å². The standard InChI is InChI=1S/C19H21NO5/c1-20(12-15-8-9-16(24-2)11-17(15)25-3)18(21)10-13-4-6-14(7-5-13)19(22)23/h4-9,11H,10,12H2,1-3H3,(H,22,23). The zero-order valence-corrected chi connectivity index (χ0v) is 14.5. The van der Waals surface area contributed by atoms with Crippen molar-refractivity contribution < 1.29 is 24.2 Å². The van der Waals surface area contributed by atoms with E-state index in [2.05, 4.69) is 0 Å². The highest BCUT2D eigenvalue weighted by atomic mass is 16.5. The van der Waals surface area contributed by atoms with Crippen molar-refractivity contribution >= 4 is 11.9 Å². The molecule has 0 aliphatic heterocycles. The van der Waals surface area contributed by atoms with E-state index in [9.17, 15) is 9.59 Å². The van der Waals surface area contributed by atoms with Crippen LogP contribution in [0, 0.1) is 0 Å². The summed E-state index contributed by atoms with van der Waals surface area (Å²) < 4.78 is 10.5. The van der Waals surface area contributed by atoms with Gasteiger partial charge in [-0.05, 0) is 29.8 Å². The second kappa shape index (κ2) is 8.19. The average molecular weight is 343 g/mol. The smallest absolute Gasteiger partial charge is 0.335 e. The van der Waals surface area contributed by atoms with Gasteiger partial charge in [0, 0.05) is 25.2 Å². The van der Waals surface area contributed by atoms with Gasteiger partial charge in [-0.25, -0.2) is 4.79 Å². The zero-order chi connectivity index (χ0) is 18.4. The van der Waals surface area contributed by atoms with Crippen molar-refractivity contribution in [3.05, 3.63) is 59.2 Å². The first-order valence-electron chi connectivity index (χ1n) is 7.71. The Bertz CT molecular complexity index is 755. The normalized spacial score (nSPS) is 10.2. The lowest BCUT2D eigenvalue weighted by molar-refractivity contribution is -0.129. The lowest BCUT2D eigenvalue weighted by Crippen LogP contribution is -2.27. The maximum Gasteiger partial charge on any atom is 0.335 e. The Labute approximate surface area is 146 Å².